The number of carbonyl (C=O) groups excluding carboxylic acids is 2. The third kappa shape index (κ3) is 7.51. The van der Waals surface area contributed by atoms with E-state index in [1.165, 1.54) is 25.5 Å². The summed E-state index contributed by atoms with van der Waals surface area (Å²) in [6, 6.07) is 11.2. The number of rotatable bonds is 10. The number of halogens is 1. The molecule has 0 unspecified atom stereocenters. The van der Waals surface area contributed by atoms with Crippen molar-refractivity contribution in [1.82, 2.24) is 10.7 Å². The Morgan fingerprint density at radius 1 is 1.10 bits per heavy atom. The monoisotopic (exact) mass is 417 g/mol. The van der Waals surface area contributed by atoms with Crippen molar-refractivity contribution in [1.29, 1.82) is 0 Å². The number of hydrogen-bond donors (Lipinski definition) is 2. The summed E-state index contributed by atoms with van der Waals surface area (Å²) in [7, 11) is 1.49. The maximum atomic E-state index is 13.3. The summed E-state index contributed by atoms with van der Waals surface area (Å²) in [4.78, 5) is 23.2. The van der Waals surface area contributed by atoms with E-state index in [-0.39, 0.29) is 19.0 Å². The number of amides is 2. The van der Waals surface area contributed by atoms with Gasteiger partial charge in [-0.3, -0.25) is 9.59 Å². The molecule has 0 aliphatic carbocycles. The van der Waals surface area contributed by atoms with Crippen LogP contribution in [0.5, 0.6) is 11.5 Å². The van der Waals surface area contributed by atoms with Gasteiger partial charge in [-0.15, -0.1) is 0 Å². The minimum absolute atomic E-state index is 0.180. The maximum Gasteiger partial charge on any atom is 0.329 e. The second-order valence-corrected chi connectivity index (χ2v) is 6.01. The predicted molar refractivity (Wildman–Crippen MR) is 109 cm³/mol. The van der Waals surface area contributed by atoms with Crippen LogP contribution < -0.4 is 20.2 Å². The molecule has 0 fully saturated rings. The highest BCUT2D eigenvalue weighted by molar-refractivity contribution is 6.35. The molecule has 0 aromatic heterocycles. The number of hydrazone groups is 1. The number of hydrogen-bond acceptors (Lipinski definition) is 6. The lowest BCUT2D eigenvalue weighted by molar-refractivity contribution is -0.139. The maximum absolute atomic E-state index is 13.3. The van der Waals surface area contributed by atoms with Crippen molar-refractivity contribution in [2.75, 3.05) is 26.9 Å². The number of carbonyl (C=O) groups is 2. The predicted octanol–water partition coefficient (Wildman–Crippen LogP) is 2.02. The van der Waals surface area contributed by atoms with Gasteiger partial charge in [0.25, 0.3) is 0 Å². The molecular weight excluding hydrogens is 393 g/mol. The third-order valence-corrected chi connectivity index (χ3v) is 3.73. The zero-order chi connectivity index (χ0) is 21.8. The number of benzene rings is 2. The van der Waals surface area contributed by atoms with Crippen LogP contribution in [0, 0.1) is 5.82 Å². The van der Waals surface area contributed by atoms with Crippen LogP contribution in [0.3, 0.4) is 0 Å². The van der Waals surface area contributed by atoms with Gasteiger partial charge >= 0.3 is 11.8 Å². The van der Waals surface area contributed by atoms with Gasteiger partial charge in [0.1, 0.15) is 12.4 Å². The average Bonchev–Trinajstić information content (AvgIpc) is 2.73. The van der Waals surface area contributed by atoms with Crippen LogP contribution in [-0.4, -0.2) is 44.9 Å². The Hall–Kier alpha value is -3.46. The van der Waals surface area contributed by atoms with Crippen LogP contribution in [0.2, 0.25) is 0 Å². The van der Waals surface area contributed by atoms with Crippen molar-refractivity contribution in [2.24, 2.45) is 5.10 Å². The van der Waals surface area contributed by atoms with Gasteiger partial charge < -0.3 is 19.5 Å². The first kappa shape index (κ1) is 22.8. The summed E-state index contributed by atoms with van der Waals surface area (Å²) < 4.78 is 29.4. The van der Waals surface area contributed by atoms with Crippen molar-refractivity contribution >= 4 is 18.0 Å². The Bertz CT molecular complexity index is 889. The van der Waals surface area contributed by atoms with Crippen LogP contribution in [-0.2, 0) is 20.9 Å². The van der Waals surface area contributed by atoms with Crippen LogP contribution >= 0.6 is 0 Å². The largest absolute Gasteiger partial charge is 0.490 e. The Morgan fingerprint density at radius 3 is 2.67 bits per heavy atom. The van der Waals surface area contributed by atoms with Gasteiger partial charge in [0.05, 0.1) is 19.4 Å². The van der Waals surface area contributed by atoms with Crippen molar-refractivity contribution < 1.29 is 28.2 Å². The highest BCUT2D eigenvalue weighted by Gasteiger charge is 2.11. The van der Waals surface area contributed by atoms with E-state index in [2.05, 4.69) is 15.8 Å². The van der Waals surface area contributed by atoms with E-state index >= 15 is 0 Å². The molecule has 8 nitrogen and oxygen atoms in total. The van der Waals surface area contributed by atoms with Gasteiger partial charge in [0, 0.05) is 13.7 Å². The second-order valence-electron chi connectivity index (χ2n) is 6.01. The Morgan fingerprint density at radius 2 is 1.93 bits per heavy atom. The summed E-state index contributed by atoms with van der Waals surface area (Å²) in [5.74, 6) is -1.06. The smallest absolute Gasteiger partial charge is 0.329 e. The fourth-order valence-electron chi connectivity index (χ4n) is 2.34. The molecule has 2 rings (SSSR count). The Balaban J connectivity index is 1.97. The summed E-state index contributed by atoms with van der Waals surface area (Å²) in [6.07, 6.45) is 1.37. The van der Waals surface area contributed by atoms with Crippen LogP contribution in [0.1, 0.15) is 18.1 Å². The molecule has 30 heavy (non-hydrogen) atoms. The third-order valence-electron chi connectivity index (χ3n) is 3.73. The van der Waals surface area contributed by atoms with Gasteiger partial charge in [-0.1, -0.05) is 12.1 Å². The molecule has 9 heteroatoms. The minimum atomic E-state index is -0.887. The van der Waals surface area contributed by atoms with Crippen LogP contribution in [0.15, 0.2) is 47.6 Å². The lowest BCUT2D eigenvalue weighted by Crippen LogP contribution is -2.39. The number of nitrogens with one attached hydrogen (secondary N) is 2. The van der Waals surface area contributed by atoms with Crippen molar-refractivity contribution in [3.63, 3.8) is 0 Å². The summed E-state index contributed by atoms with van der Waals surface area (Å²) in [6.45, 7) is 2.95. The summed E-state index contributed by atoms with van der Waals surface area (Å²) in [5, 5.41) is 6.16. The molecule has 2 amide bonds. The first-order valence-corrected chi connectivity index (χ1v) is 9.27. The zero-order valence-electron chi connectivity index (χ0n) is 16.8. The van der Waals surface area contributed by atoms with Gasteiger partial charge in [-0.2, -0.15) is 5.10 Å². The molecule has 0 saturated heterocycles. The van der Waals surface area contributed by atoms with Crippen molar-refractivity contribution in [3.05, 3.63) is 59.4 Å². The number of methoxy groups -OCH3 is 1. The Labute approximate surface area is 174 Å². The van der Waals surface area contributed by atoms with Gasteiger partial charge in [-0.05, 0) is 48.4 Å². The minimum Gasteiger partial charge on any atom is -0.490 e. The molecule has 160 valence electrons. The lowest BCUT2D eigenvalue weighted by Gasteiger charge is -2.12. The van der Waals surface area contributed by atoms with E-state index in [1.54, 1.807) is 30.3 Å². The Kier molecular flexibility index (Phi) is 9.26. The van der Waals surface area contributed by atoms with Gasteiger partial charge in [-0.25, -0.2) is 9.82 Å². The molecule has 0 saturated carbocycles. The molecule has 0 spiro atoms. The lowest BCUT2D eigenvalue weighted by atomic mass is 10.2. The number of ether oxygens (including phenoxy) is 3. The molecule has 0 heterocycles. The van der Waals surface area contributed by atoms with E-state index in [1.807, 2.05) is 6.92 Å². The average molecular weight is 417 g/mol. The quantitative estimate of drug-likeness (QED) is 0.267. The molecule has 2 N–H and O–H groups in total. The van der Waals surface area contributed by atoms with E-state index in [0.29, 0.717) is 35.8 Å². The topological polar surface area (TPSA) is 98.2 Å². The standard InChI is InChI=1S/C21H24FN3O5/c1-3-29-19-12-15(13-24-25-21(27)20(26)23-9-10-28-2)7-8-18(19)30-14-16-5-4-6-17(22)11-16/h4-8,11-13H,3,9-10,14H2,1-2H3,(H,23,26)(H,25,27)/b24-13-. The zero-order valence-corrected chi connectivity index (χ0v) is 16.8. The fourth-order valence-corrected chi connectivity index (χ4v) is 2.34. The van der Waals surface area contributed by atoms with Crippen molar-refractivity contribution in [3.8, 4) is 11.5 Å². The van der Waals surface area contributed by atoms with Gasteiger partial charge in [0.15, 0.2) is 11.5 Å². The molecule has 0 bridgehead atoms. The van der Waals surface area contributed by atoms with Crippen LogP contribution in [0.4, 0.5) is 4.39 Å². The SMILES string of the molecule is CCOc1cc(/C=N\NC(=O)C(=O)NCCOC)ccc1OCc1cccc(F)c1. The fraction of sp³-hybridized carbons (Fsp3) is 0.286. The highest BCUT2D eigenvalue weighted by atomic mass is 19.1. The summed E-state index contributed by atoms with van der Waals surface area (Å²) >= 11 is 0. The molecule has 2 aromatic carbocycles. The molecule has 0 radical (unpaired) electrons. The van der Waals surface area contributed by atoms with E-state index < -0.39 is 11.8 Å². The molecule has 0 aliphatic heterocycles. The van der Waals surface area contributed by atoms with E-state index in [0.717, 1.165) is 0 Å². The first-order chi connectivity index (χ1) is 14.5. The van der Waals surface area contributed by atoms with Crippen molar-refractivity contribution in [2.45, 2.75) is 13.5 Å². The van der Waals surface area contributed by atoms with Crippen LogP contribution in [0.25, 0.3) is 0 Å². The van der Waals surface area contributed by atoms with E-state index in [9.17, 15) is 14.0 Å². The molecular formula is C21H24FN3O5. The molecule has 0 aliphatic rings. The van der Waals surface area contributed by atoms with Gasteiger partial charge in [0.2, 0.25) is 0 Å². The second kappa shape index (κ2) is 12.2. The highest BCUT2D eigenvalue weighted by Crippen LogP contribution is 2.29. The molecule has 0 atom stereocenters. The molecule has 2 aromatic rings. The summed E-state index contributed by atoms with van der Waals surface area (Å²) in [5.41, 5.74) is 3.46. The van der Waals surface area contributed by atoms with E-state index in [4.69, 9.17) is 14.2 Å². The number of nitrogens with zero attached hydrogens (tertiary/aromatic N) is 1. The normalized spacial score (nSPS) is 10.6. The first-order valence-electron chi connectivity index (χ1n) is 9.27.